The molecule has 1 aliphatic rings. The summed E-state index contributed by atoms with van der Waals surface area (Å²) in [5.41, 5.74) is 8.15. The summed E-state index contributed by atoms with van der Waals surface area (Å²) in [6.45, 7) is 1.37. The fourth-order valence-electron chi connectivity index (χ4n) is 4.18. The van der Waals surface area contributed by atoms with Gasteiger partial charge in [0.1, 0.15) is 0 Å². The molecule has 0 atom stereocenters. The number of anilines is 1. The van der Waals surface area contributed by atoms with E-state index < -0.39 is 0 Å². The van der Waals surface area contributed by atoms with Gasteiger partial charge in [-0.3, -0.25) is 14.5 Å². The molecule has 8 nitrogen and oxygen atoms in total. The van der Waals surface area contributed by atoms with Gasteiger partial charge in [0.05, 0.1) is 27.9 Å². The first-order valence-electron chi connectivity index (χ1n) is 10.7. The Kier molecular flexibility index (Phi) is 6.37. The number of amides is 2. The van der Waals surface area contributed by atoms with Crippen LogP contribution in [-0.2, 0) is 6.54 Å². The van der Waals surface area contributed by atoms with E-state index in [1.807, 2.05) is 18.2 Å². The quantitative estimate of drug-likeness (QED) is 0.381. The number of imide groups is 1. The summed E-state index contributed by atoms with van der Waals surface area (Å²) < 4.78 is 16.2. The summed E-state index contributed by atoms with van der Waals surface area (Å²) in [5, 5.41) is 4.87. The highest BCUT2D eigenvalue weighted by molar-refractivity contribution is 6.26. The Morgan fingerprint density at radius 1 is 0.909 bits per heavy atom. The van der Waals surface area contributed by atoms with Crippen molar-refractivity contribution in [3.05, 3.63) is 59.2 Å². The minimum absolute atomic E-state index is 0.0701. The first kappa shape index (κ1) is 22.4. The lowest BCUT2D eigenvalue weighted by Crippen LogP contribution is -2.39. The van der Waals surface area contributed by atoms with Crippen LogP contribution in [0.2, 0.25) is 0 Å². The second-order valence-corrected chi connectivity index (χ2v) is 7.69. The summed E-state index contributed by atoms with van der Waals surface area (Å²) in [5.74, 6) is 0.681. The second kappa shape index (κ2) is 9.38. The average molecular weight is 450 g/mol. The van der Waals surface area contributed by atoms with Gasteiger partial charge in [0.15, 0.2) is 11.5 Å². The number of nitrogens with two attached hydrogens (primary N) is 1. The molecule has 0 unspecified atom stereocenters. The number of hydrogen-bond acceptors (Lipinski definition) is 7. The molecule has 3 aromatic rings. The molecule has 1 aliphatic heterocycles. The number of nitrogens with one attached hydrogen (secondary N) is 1. The summed E-state index contributed by atoms with van der Waals surface area (Å²) in [6, 6.07) is 12.6. The number of nitrogens with zero attached hydrogens (tertiary/aromatic N) is 1. The molecular weight excluding hydrogens is 422 g/mol. The van der Waals surface area contributed by atoms with Crippen LogP contribution in [0.4, 0.5) is 5.69 Å². The molecule has 0 aromatic heterocycles. The number of carbonyl (C=O) groups excluding carboxylic acids is 2. The van der Waals surface area contributed by atoms with Gasteiger partial charge in [-0.25, -0.2) is 0 Å². The monoisotopic (exact) mass is 449 g/mol. The van der Waals surface area contributed by atoms with Crippen LogP contribution in [-0.4, -0.2) is 51.1 Å². The lowest BCUT2D eigenvalue weighted by Gasteiger charge is -2.28. The highest BCUT2D eigenvalue weighted by Gasteiger charge is 2.33. The topological polar surface area (TPSA) is 103 Å². The molecule has 3 N–H and O–H groups in total. The zero-order valence-electron chi connectivity index (χ0n) is 18.9. The van der Waals surface area contributed by atoms with Gasteiger partial charge in [0.25, 0.3) is 11.8 Å². The molecule has 1 heterocycles. The maximum atomic E-state index is 13.4. The molecule has 33 heavy (non-hydrogen) atoms. The molecule has 0 saturated heterocycles. The molecule has 0 aliphatic carbocycles. The first-order valence-corrected chi connectivity index (χ1v) is 10.7. The van der Waals surface area contributed by atoms with E-state index in [0.717, 1.165) is 17.5 Å². The second-order valence-electron chi connectivity index (χ2n) is 7.69. The molecule has 4 rings (SSSR count). The van der Waals surface area contributed by atoms with Gasteiger partial charge in [-0.15, -0.1) is 0 Å². The summed E-state index contributed by atoms with van der Waals surface area (Å²) >= 11 is 0. The standard InChI is InChI=1S/C25H27N3O5/c1-31-20-12-15(13-21(32-2)23(20)33-3)14-28-24(29)17-7-4-6-16-19(27-11-5-10-26)9-8-18(22(16)17)25(28)30/h4,6-9,12-13,27H,5,10-11,14,26H2,1-3H3. The Bertz CT molecular complexity index is 1180. The van der Waals surface area contributed by atoms with E-state index in [9.17, 15) is 9.59 Å². The number of methoxy groups -OCH3 is 3. The summed E-state index contributed by atoms with van der Waals surface area (Å²) in [6.07, 6.45) is 0.823. The predicted octanol–water partition coefficient (Wildman–Crippen LogP) is 3.42. The number of ether oxygens (including phenoxy) is 3. The number of benzene rings is 3. The molecule has 0 fully saturated rings. The smallest absolute Gasteiger partial charge is 0.261 e. The van der Waals surface area contributed by atoms with E-state index in [2.05, 4.69) is 5.32 Å². The molecular formula is C25H27N3O5. The molecule has 8 heteroatoms. The Morgan fingerprint density at radius 3 is 2.18 bits per heavy atom. The van der Waals surface area contributed by atoms with Crippen molar-refractivity contribution in [1.82, 2.24) is 4.90 Å². The van der Waals surface area contributed by atoms with Crippen molar-refractivity contribution < 1.29 is 23.8 Å². The van der Waals surface area contributed by atoms with Crippen LogP contribution < -0.4 is 25.3 Å². The Labute approximate surface area is 192 Å². The van der Waals surface area contributed by atoms with Crippen LogP contribution in [0.5, 0.6) is 17.2 Å². The van der Waals surface area contributed by atoms with Crippen LogP contribution >= 0.6 is 0 Å². The van der Waals surface area contributed by atoms with Gasteiger partial charge in [-0.2, -0.15) is 0 Å². The first-order chi connectivity index (χ1) is 16.0. The van der Waals surface area contributed by atoms with Gasteiger partial charge >= 0.3 is 0 Å². The average Bonchev–Trinajstić information content (AvgIpc) is 2.84. The Morgan fingerprint density at radius 2 is 1.58 bits per heavy atom. The highest BCUT2D eigenvalue weighted by atomic mass is 16.5. The van der Waals surface area contributed by atoms with Crippen molar-refractivity contribution in [3.8, 4) is 17.2 Å². The molecule has 3 aromatic carbocycles. The Balaban J connectivity index is 1.73. The fourth-order valence-corrected chi connectivity index (χ4v) is 4.18. The maximum absolute atomic E-state index is 13.4. The summed E-state index contributed by atoms with van der Waals surface area (Å²) in [4.78, 5) is 28.1. The van der Waals surface area contributed by atoms with Gasteiger partial charge in [-0.1, -0.05) is 12.1 Å². The van der Waals surface area contributed by atoms with Crippen molar-refractivity contribution in [2.24, 2.45) is 5.73 Å². The van der Waals surface area contributed by atoms with Gasteiger partial charge in [-0.05, 0) is 48.9 Å². The lowest BCUT2D eigenvalue weighted by molar-refractivity contribution is 0.0598. The van der Waals surface area contributed by atoms with Gasteiger partial charge in [0.2, 0.25) is 5.75 Å². The van der Waals surface area contributed by atoms with Crippen molar-refractivity contribution in [2.45, 2.75) is 13.0 Å². The van der Waals surface area contributed by atoms with Crippen LogP contribution in [0.15, 0.2) is 42.5 Å². The van der Waals surface area contributed by atoms with Crippen molar-refractivity contribution in [2.75, 3.05) is 39.7 Å². The normalized spacial score (nSPS) is 12.8. The third kappa shape index (κ3) is 3.93. The van der Waals surface area contributed by atoms with E-state index >= 15 is 0 Å². The van der Waals surface area contributed by atoms with Crippen molar-refractivity contribution in [1.29, 1.82) is 0 Å². The van der Waals surface area contributed by atoms with E-state index in [4.69, 9.17) is 19.9 Å². The van der Waals surface area contributed by atoms with Gasteiger partial charge in [0, 0.05) is 34.1 Å². The van der Waals surface area contributed by atoms with E-state index in [1.54, 1.807) is 24.3 Å². The van der Waals surface area contributed by atoms with Gasteiger partial charge < -0.3 is 25.3 Å². The molecule has 172 valence electrons. The number of hydrogen-bond donors (Lipinski definition) is 2. The third-order valence-corrected chi connectivity index (χ3v) is 5.75. The van der Waals surface area contributed by atoms with Crippen molar-refractivity contribution in [3.63, 3.8) is 0 Å². The van der Waals surface area contributed by atoms with E-state index in [0.29, 0.717) is 52.4 Å². The zero-order valence-corrected chi connectivity index (χ0v) is 18.9. The number of carbonyl (C=O) groups is 2. The third-order valence-electron chi connectivity index (χ3n) is 5.75. The van der Waals surface area contributed by atoms with Crippen LogP contribution in [0.25, 0.3) is 10.8 Å². The minimum Gasteiger partial charge on any atom is -0.493 e. The SMILES string of the molecule is COc1cc(CN2C(=O)c3cccc4c(NCCCN)ccc(c34)C2=O)cc(OC)c1OC. The van der Waals surface area contributed by atoms with E-state index in [1.165, 1.54) is 26.2 Å². The minimum atomic E-state index is -0.342. The predicted molar refractivity (Wildman–Crippen MR) is 126 cm³/mol. The molecule has 0 bridgehead atoms. The largest absolute Gasteiger partial charge is 0.493 e. The molecule has 2 amide bonds. The molecule has 0 radical (unpaired) electrons. The lowest BCUT2D eigenvalue weighted by atomic mass is 9.92. The van der Waals surface area contributed by atoms with Crippen LogP contribution in [0.1, 0.15) is 32.7 Å². The summed E-state index contributed by atoms with van der Waals surface area (Å²) in [7, 11) is 4.57. The Hall–Kier alpha value is -3.78. The van der Waals surface area contributed by atoms with Crippen LogP contribution in [0, 0.1) is 0 Å². The molecule has 0 saturated carbocycles. The van der Waals surface area contributed by atoms with E-state index in [-0.39, 0.29) is 18.4 Å². The molecule has 0 spiro atoms. The van der Waals surface area contributed by atoms with Crippen LogP contribution in [0.3, 0.4) is 0 Å². The highest BCUT2D eigenvalue weighted by Crippen LogP contribution is 2.40. The fraction of sp³-hybridized carbons (Fsp3) is 0.280. The zero-order chi connectivity index (χ0) is 23.5. The van der Waals surface area contributed by atoms with Crippen molar-refractivity contribution >= 4 is 28.3 Å². The maximum Gasteiger partial charge on any atom is 0.261 e. The number of rotatable bonds is 9.